The van der Waals surface area contributed by atoms with Crippen molar-refractivity contribution in [2.45, 2.75) is 26.4 Å². The number of anilines is 1. The molecule has 9 nitrogen and oxygen atoms in total. The lowest BCUT2D eigenvalue weighted by Crippen LogP contribution is -2.26. The number of rotatable bonds is 9. The monoisotopic (exact) mass is 460 g/mol. The minimum Gasteiger partial charge on any atom is -0.497 e. The van der Waals surface area contributed by atoms with Gasteiger partial charge in [0.15, 0.2) is 5.65 Å². The van der Waals surface area contributed by atoms with Crippen LogP contribution in [0.15, 0.2) is 53.6 Å². The number of amides is 1. The van der Waals surface area contributed by atoms with Crippen LogP contribution in [-0.2, 0) is 4.74 Å². The highest BCUT2D eigenvalue weighted by atomic mass is 16.5. The number of hydrogen-bond donors (Lipinski definition) is 2. The van der Waals surface area contributed by atoms with Gasteiger partial charge >= 0.3 is 0 Å². The van der Waals surface area contributed by atoms with Crippen LogP contribution in [0.1, 0.15) is 36.2 Å². The predicted octanol–water partition coefficient (Wildman–Crippen LogP) is 3.60. The number of nitrogens with one attached hydrogen (secondary N) is 1. The van der Waals surface area contributed by atoms with E-state index in [1.165, 1.54) is 4.68 Å². The van der Waals surface area contributed by atoms with E-state index in [1.807, 2.05) is 62.4 Å². The van der Waals surface area contributed by atoms with Gasteiger partial charge < -0.3 is 20.5 Å². The smallest absolute Gasteiger partial charge is 0.257 e. The third-order valence-electron chi connectivity index (χ3n) is 5.17. The van der Waals surface area contributed by atoms with Gasteiger partial charge in [-0.25, -0.2) is 9.97 Å². The largest absolute Gasteiger partial charge is 0.497 e. The number of carbonyl (C=O) groups excluding carboxylic acids is 1. The Bertz CT molecular complexity index is 1350. The van der Waals surface area contributed by atoms with Gasteiger partial charge in [0, 0.05) is 13.2 Å². The Kier molecular flexibility index (Phi) is 7.03. The molecule has 0 aliphatic rings. The van der Waals surface area contributed by atoms with Crippen LogP contribution in [0.5, 0.6) is 5.75 Å². The lowest BCUT2D eigenvalue weighted by molar-refractivity contribution is 0.0757. The summed E-state index contributed by atoms with van der Waals surface area (Å²) in [6.45, 7) is 4.96. The average Bonchev–Trinajstić information content (AvgIpc) is 3.10. The van der Waals surface area contributed by atoms with E-state index >= 15 is 0 Å². The topological polar surface area (TPSA) is 117 Å². The van der Waals surface area contributed by atoms with E-state index in [9.17, 15) is 4.79 Å². The second-order valence-electron chi connectivity index (χ2n) is 8.01. The highest BCUT2D eigenvalue weighted by molar-refractivity contribution is 6.10. The van der Waals surface area contributed by atoms with Gasteiger partial charge in [0.25, 0.3) is 5.91 Å². The number of para-hydroxylation sites is 2. The summed E-state index contributed by atoms with van der Waals surface area (Å²) in [5, 5.41) is 7.43. The Balaban J connectivity index is 1.71. The Morgan fingerprint density at radius 2 is 1.94 bits per heavy atom. The number of carbonyl (C=O) groups is 1. The van der Waals surface area contributed by atoms with Gasteiger partial charge in [-0.15, -0.1) is 0 Å². The first-order valence-corrected chi connectivity index (χ1v) is 11.1. The standard InChI is InChI=1S/C25H28N6O3/c1-16(2)34-13-7-12-27-25(32)21-22-24(30-20-11-5-4-10-19(20)29-22)31(23(21)26)28-15-17-8-6-9-18(14-17)33-3/h4-6,8-11,14-16H,7,12-13,26H2,1-3H3,(H,27,32). The van der Waals surface area contributed by atoms with Gasteiger partial charge in [-0.1, -0.05) is 24.3 Å². The van der Waals surface area contributed by atoms with Gasteiger partial charge in [0.05, 0.1) is 30.5 Å². The maximum absolute atomic E-state index is 13.1. The van der Waals surface area contributed by atoms with Crippen molar-refractivity contribution in [1.29, 1.82) is 0 Å². The van der Waals surface area contributed by atoms with Crippen molar-refractivity contribution in [2.75, 3.05) is 26.0 Å². The summed E-state index contributed by atoms with van der Waals surface area (Å²) in [5.74, 6) is 0.550. The van der Waals surface area contributed by atoms with Crippen LogP contribution < -0.4 is 15.8 Å². The van der Waals surface area contributed by atoms with Crippen molar-refractivity contribution in [2.24, 2.45) is 5.10 Å². The van der Waals surface area contributed by atoms with E-state index < -0.39 is 0 Å². The molecule has 0 radical (unpaired) electrons. The third kappa shape index (κ3) is 4.99. The number of nitrogen functional groups attached to an aromatic ring is 1. The predicted molar refractivity (Wildman–Crippen MR) is 133 cm³/mol. The van der Waals surface area contributed by atoms with Crippen molar-refractivity contribution in [3.8, 4) is 5.75 Å². The van der Waals surface area contributed by atoms with Crippen LogP contribution in [0.2, 0.25) is 0 Å². The van der Waals surface area contributed by atoms with Gasteiger partial charge in [0.2, 0.25) is 0 Å². The first-order valence-electron chi connectivity index (χ1n) is 11.1. The summed E-state index contributed by atoms with van der Waals surface area (Å²) in [6.07, 6.45) is 2.47. The number of nitrogens with two attached hydrogens (primary N) is 1. The summed E-state index contributed by atoms with van der Waals surface area (Å²) < 4.78 is 12.3. The fraction of sp³-hybridized carbons (Fsp3) is 0.280. The van der Waals surface area contributed by atoms with Crippen molar-refractivity contribution in [1.82, 2.24) is 20.0 Å². The first-order chi connectivity index (χ1) is 16.5. The zero-order valence-corrected chi connectivity index (χ0v) is 19.5. The molecule has 0 atom stereocenters. The van der Waals surface area contributed by atoms with Gasteiger partial charge in [-0.2, -0.15) is 9.78 Å². The number of aromatic nitrogens is 3. The molecular weight excluding hydrogens is 432 g/mol. The van der Waals surface area contributed by atoms with Crippen LogP contribution in [-0.4, -0.2) is 53.1 Å². The molecule has 0 fully saturated rings. The summed E-state index contributed by atoms with van der Waals surface area (Å²) in [5.41, 5.74) is 9.65. The molecule has 9 heteroatoms. The molecule has 0 unspecified atom stereocenters. The normalized spacial score (nSPS) is 11.6. The number of fused-ring (bicyclic) bond motifs is 2. The van der Waals surface area contributed by atoms with E-state index in [-0.39, 0.29) is 23.4 Å². The van der Waals surface area contributed by atoms with Crippen molar-refractivity contribution in [3.05, 3.63) is 59.7 Å². The van der Waals surface area contributed by atoms with E-state index in [0.717, 1.165) is 5.56 Å². The number of nitrogens with zero attached hydrogens (tertiary/aromatic N) is 4. The van der Waals surface area contributed by atoms with Gasteiger partial charge in [-0.05, 0) is 50.1 Å². The Morgan fingerprint density at radius 1 is 1.18 bits per heavy atom. The molecule has 4 aromatic rings. The van der Waals surface area contributed by atoms with Crippen molar-refractivity contribution >= 4 is 40.1 Å². The van der Waals surface area contributed by atoms with E-state index in [0.29, 0.717) is 47.5 Å². The molecule has 0 aliphatic heterocycles. The molecule has 176 valence electrons. The Labute approximate surface area is 197 Å². The van der Waals surface area contributed by atoms with E-state index in [1.54, 1.807) is 13.3 Å². The molecule has 4 rings (SSSR count). The van der Waals surface area contributed by atoms with Gasteiger partial charge in [-0.3, -0.25) is 4.79 Å². The van der Waals surface area contributed by atoms with Crippen LogP contribution in [0, 0.1) is 0 Å². The highest BCUT2D eigenvalue weighted by Gasteiger charge is 2.23. The summed E-state index contributed by atoms with van der Waals surface area (Å²) in [6, 6.07) is 14.9. The quantitative estimate of drug-likeness (QED) is 0.291. The molecule has 0 saturated heterocycles. The molecular formula is C25H28N6O3. The lowest BCUT2D eigenvalue weighted by Gasteiger charge is -2.08. The Hall–Kier alpha value is -3.98. The van der Waals surface area contributed by atoms with Crippen LogP contribution in [0.3, 0.4) is 0 Å². The summed E-state index contributed by atoms with van der Waals surface area (Å²) in [7, 11) is 1.61. The van der Waals surface area contributed by atoms with E-state index in [4.69, 9.17) is 20.2 Å². The molecule has 34 heavy (non-hydrogen) atoms. The Morgan fingerprint density at radius 3 is 2.68 bits per heavy atom. The lowest BCUT2D eigenvalue weighted by atomic mass is 10.2. The summed E-state index contributed by atoms with van der Waals surface area (Å²) in [4.78, 5) is 22.5. The minimum atomic E-state index is -0.327. The highest BCUT2D eigenvalue weighted by Crippen LogP contribution is 2.28. The number of methoxy groups -OCH3 is 1. The molecule has 3 N–H and O–H groups in total. The van der Waals surface area contributed by atoms with Crippen molar-refractivity contribution in [3.63, 3.8) is 0 Å². The molecule has 0 bridgehead atoms. The molecule has 1 amide bonds. The molecule has 2 heterocycles. The maximum Gasteiger partial charge on any atom is 0.257 e. The molecule has 0 aliphatic carbocycles. The second-order valence-corrected chi connectivity index (χ2v) is 8.01. The average molecular weight is 461 g/mol. The zero-order valence-electron chi connectivity index (χ0n) is 19.5. The fourth-order valence-corrected chi connectivity index (χ4v) is 3.52. The minimum absolute atomic E-state index is 0.148. The second kappa shape index (κ2) is 10.3. The van der Waals surface area contributed by atoms with E-state index in [2.05, 4.69) is 15.4 Å². The van der Waals surface area contributed by atoms with Gasteiger partial charge in [0.1, 0.15) is 22.6 Å². The zero-order chi connectivity index (χ0) is 24.1. The number of hydrogen-bond acceptors (Lipinski definition) is 7. The molecule has 0 saturated carbocycles. The third-order valence-corrected chi connectivity index (χ3v) is 5.17. The van der Waals surface area contributed by atoms with Crippen molar-refractivity contribution < 1.29 is 14.3 Å². The molecule has 2 aromatic heterocycles. The summed E-state index contributed by atoms with van der Waals surface area (Å²) >= 11 is 0. The van der Waals surface area contributed by atoms with Crippen LogP contribution >= 0.6 is 0 Å². The SMILES string of the molecule is COc1cccc(C=Nn2c(N)c(C(=O)NCCCOC(C)C)c3nc4ccccc4nc32)c1. The van der Waals surface area contributed by atoms with Crippen LogP contribution in [0.4, 0.5) is 5.82 Å². The first kappa shape index (κ1) is 23.2. The number of benzene rings is 2. The maximum atomic E-state index is 13.1. The number of ether oxygens (including phenoxy) is 2. The molecule has 0 spiro atoms. The van der Waals surface area contributed by atoms with Crippen LogP contribution in [0.25, 0.3) is 22.2 Å². The fourth-order valence-electron chi connectivity index (χ4n) is 3.52. The molecule has 2 aromatic carbocycles.